The Morgan fingerprint density at radius 2 is 1.95 bits per heavy atom. The Morgan fingerprint density at radius 3 is 2.71 bits per heavy atom. The summed E-state index contributed by atoms with van der Waals surface area (Å²) < 4.78 is 94.8. The monoisotopic (exact) mass is 568 g/mol. The summed E-state index contributed by atoms with van der Waals surface area (Å²) in [5.41, 5.74) is 0.237. The SMILES string of the molecule is [2H]C1([2H])N(C2CCN(C(=O)Oc3ccc4nc5c(cc4c3)Cn3c-5cc4c(c3=O)COC(=O)[C@]4(O)CC)CC2)C([2H])([2H])C([2H])([2H])C([2H])([2H])C1([2H])[2H]. The van der Waals surface area contributed by atoms with Crippen LogP contribution in [0, 0.1) is 0 Å². The number of fused-ring (bicyclic) bond motifs is 5. The first kappa shape index (κ1) is 17.3. The molecule has 3 aromatic rings. The molecule has 0 spiro atoms. The third-order valence-electron chi connectivity index (χ3n) is 8.25. The quantitative estimate of drug-likeness (QED) is 0.374. The fourth-order valence-electron chi connectivity index (χ4n) is 5.92. The van der Waals surface area contributed by atoms with Crippen molar-refractivity contribution in [1.82, 2.24) is 19.4 Å². The smallest absolute Gasteiger partial charge is 0.415 e. The number of ether oxygens (including phenoxy) is 2. The highest BCUT2D eigenvalue weighted by molar-refractivity contribution is 5.87. The van der Waals surface area contributed by atoms with Gasteiger partial charge in [-0.05, 0) is 75.3 Å². The van der Waals surface area contributed by atoms with Gasteiger partial charge in [-0.25, -0.2) is 14.6 Å². The number of rotatable bonds is 3. The summed E-state index contributed by atoms with van der Waals surface area (Å²) in [7, 11) is 0. The lowest BCUT2D eigenvalue weighted by Crippen LogP contribution is -2.48. The minimum absolute atomic E-state index is 0.0169. The molecular formula is C31H34N4O6. The van der Waals surface area contributed by atoms with Crippen LogP contribution in [0.4, 0.5) is 4.79 Å². The van der Waals surface area contributed by atoms with Gasteiger partial charge in [0.05, 0.1) is 29.0 Å². The lowest BCUT2D eigenvalue weighted by atomic mass is 9.86. The van der Waals surface area contributed by atoms with Crippen molar-refractivity contribution < 1.29 is 37.9 Å². The van der Waals surface area contributed by atoms with Gasteiger partial charge < -0.3 is 28.9 Å². The average Bonchev–Trinajstić information content (AvgIpc) is 3.42. The van der Waals surface area contributed by atoms with E-state index in [-0.39, 0.29) is 62.4 Å². The van der Waals surface area contributed by atoms with E-state index in [2.05, 4.69) is 0 Å². The number of aromatic nitrogens is 2. The Labute approximate surface area is 251 Å². The molecule has 4 aliphatic rings. The molecule has 7 rings (SSSR count). The molecular weight excluding hydrogens is 524 g/mol. The minimum Gasteiger partial charge on any atom is -0.458 e. The number of hydrogen-bond acceptors (Lipinski definition) is 8. The van der Waals surface area contributed by atoms with Crippen LogP contribution in [-0.2, 0) is 28.3 Å². The second-order valence-corrected chi connectivity index (χ2v) is 10.5. The van der Waals surface area contributed by atoms with E-state index in [9.17, 15) is 19.5 Å². The molecule has 1 aromatic carbocycles. The van der Waals surface area contributed by atoms with Gasteiger partial charge in [0, 0.05) is 49.4 Å². The molecule has 1 atom stereocenters. The molecule has 0 saturated carbocycles. The van der Waals surface area contributed by atoms with Crippen molar-refractivity contribution in [1.29, 1.82) is 0 Å². The molecule has 41 heavy (non-hydrogen) atoms. The number of piperidine rings is 2. The van der Waals surface area contributed by atoms with E-state index in [1.54, 1.807) is 31.2 Å². The van der Waals surface area contributed by atoms with Gasteiger partial charge in [-0.15, -0.1) is 0 Å². The van der Waals surface area contributed by atoms with E-state index >= 15 is 0 Å². The highest BCUT2D eigenvalue weighted by atomic mass is 16.6. The molecule has 4 aliphatic heterocycles. The third-order valence-corrected chi connectivity index (χ3v) is 8.25. The fourth-order valence-corrected chi connectivity index (χ4v) is 5.92. The van der Waals surface area contributed by atoms with Gasteiger partial charge in [0.2, 0.25) is 0 Å². The zero-order chi connectivity index (χ0) is 37.3. The number of hydrogen-bond donors (Lipinski definition) is 1. The van der Waals surface area contributed by atoms with Gasteiger partial charge in [0.1, 0.15) is 12.4 Å². The largest absolute Gasteiger partial charge is 0.458 e. The molecule has 10 heteroatoms. The topological polar surface area (TPSA) is 114 Å². The predicted octanol–water partition coefficient (Wildman–Crippen LogP) is 3.53. The standard InChI is InChI=1S/C31H34N4O6/c1-2-31(39)24-16-26-27-20(17-35(26)28(36)23(24)18-40-29(31)37)14-19-15-22(6-7-25(19)32-27)41-30(38)34-12-8-21(9-13-34)33-10-4-3-5-11-33/h6-7,14-16,21,39H,2-5,8-13,17-18H2,1H3/t31-/m0/s1/i3D2,4D2,5D2,10D2,11D2. The molecule has 2 fully saturated rings. The Balaban J connectivity index is 1.09. The Morgan fingerprint density at radius 1 is 1.17 bits per heavy atom. The van der Waals surface area contributed by atoms with E-state index in [4.69, 9.17) is 28.2 Å². The Kier molecular flexibility index (Phi) is 4.19. The van der Waals surface area contributed by atoms with Crippen molar-refractivity contribution in [3.8, 4) is 17.1 Å². The first-order chi connectivity index (χ1) is 23.6. The average molecular weight is 569 g/mol. The molecule has 10 nitrogen and oxygen atoms in total. The number of carbonyl (C=O) groups is 2. The summed E-state index contributed by atoms with van der Waals surface area (Å²) in [6, 6.07) is 7.12. The maximum Gasteiger partial charge on any atom is 0.415 e. The molecule has 0 aliphatic carbocycles. The van der Waals surface area contributed by atoms with Gasteiger partial charge in [0.15, 0.2) is 5.60 Å². The van der Waals surface area contributed by atoms with Crippen molar-refractivity contribution in [3.63, 3.8) is 0 Å². The molecule has 1 N–H and O–H groups in total. The zero-order valence-electron chi connectivity index (χ0n) is 32.2. The maximum atomic E-state index is 13.4. The summed E-state index contributed by atoms with van der Waals surface area (Å²) in [5.74, 6) is -0.638. The number of pyridine rings is 2. The zero-order valence-corrected chi connectivity index (χ0v) is 22.2. The molecule has 2 saturated heterocycles. The van der Waals surface area contributed by atoms with E-state index < -0.39 is 61.4 Å². The number of aliphatic hydroxyl groups is 1. The van der Waals surface area contributed by atoms with E-state index in [1.165, 1.54) is 15.5 Å². The van der Waals surface area contributed by atoms with Crippen LogP contribution in [0.15, 0.2) is 35.1 Å². The van der Waals surface area contributed by atoms with Gasteiger partial charge in [0.25, 0.3) is 5.56 Å². The van der Waals surface area contributed by atoms with Crippen molar-refractivity contribution >= 4 is 23.0 Å². The lowest BCUT2D eigenvalue weighted by Gasteiger charge is -2.39. The highest BCUT2D eigenvalue weighted by Crippen LogP contribution is 2.39. The second kappa shape index (κ2) is 9.95. The summed E-state index contributed by atoms with van der Waals surface area (Å²) in [4.78, 5) is 45.6. The van der Waals surface area contributed by atoms with Gasteiger partial charge in [-0.1, -0.05) is 13.3 Å². The van der Waals surface area contributed by atoms with Crippen molar-refractivity contribution in [3.05, 3.63) is 57.4 Å². The Hall–Kier alpha value is -3.76. The summed E-state index contributed by atoms with van der Waals surface area (Å²) >= 11 is 0. The molecule has 0 unspecified atom stereocenters. The molecule has 6 heterocycles. The molecule has 0 bridgehead atoms. The van der Waals surface area contributed by atoms with Crippen LogP contribution in [0.25, 0.3) is 22.3 Å². The molecule has 214 valence electrons. The normalized spacial score (nSPS) is 32.4. The number of likely N-dealkylation sites (tertiary alicyclic amines) is 2. The van der Waals surface area contributed by atoms with Crippen LogP contribution in [0.3, 0.4) is 0 Å². The first-order valence-corrected chi connectivity index (χ1v) is 13.5. The fraction of sp³-hybridized carbons (Fsp3) is 0.484. The summed E-state index contributed by atoms with van der Waals surface area (Å²) in [5, 5.41) is 11.7. The molecule has 2 aromatic heterocycles. The van der Waals surface area contributed by atoms with E-state index in [0.717, 1.165) is 0 Å². The van der Waals surface area contributed by atoms with Crippen molar-refractivity contribution in [2.24, 2.45) is 0 Å². The maximum absolute atomic E-state index is 13.4. The van der Waals surface area contributed by atoms with Gasteiger partial charge in [-0.3, -0.25) is 4.79 Å². The highest BCUT2D eigenvalue weighted by Gasteiger charge is 2.45. The summed E-state index contributed by atoms with van der Waals surface area (Å²) in [6.07, 6.45) is -11.2. The van der Waals surface area contributed by atoms with Gasteiger partial charge >= 0.3 is 12.1 Å². The van der Waals surface area contributed by atoms with E-state index in [0.29, 0.717) is 32.8 Å². The van der Waals surface area contributed by atoms with Crippen LogP contribution < -0.4 is 10.3 Å². The minimum atomic E-state index is -3.50. The summed E-state index contributed by atoms with van der Waals surface area (Å²) in [6.45, 7) is -4.99. The van der Waals surface area contributed by atoms with Gasteiger partial charge in [-0.2, -0.15) is 0 Å². The number of carbonyl (C=O) groups excluding carboxylic acids is 2. The predicted molar refractivity (Wildman–Crippen MR) is 151 cm³/mol. The molecule has 1 amide bonds. The van der Waals surface area contributed by atoms with Crippen LogP contribution in [-0.4, -0.2) is 68.6 Å². The van der Waals surface area contributed by atoms with Crippen molar-refractivity contribution in [2.45, 2.75) is 70.1 Å². The van der Waals surface area contributed by atoms with Crippen molar-refractivity contribution in [2.75, 3.05) is 26.1 Å². The van der Waals surface area contributed by atoms with E-state index in [1.807, 2.05) is 0 Å². The van der Waals surface area contributed by atoms with Crippen LogP contribution in [0.5, 0.6) is 5.75 Å². The number of cyclic esters (lactones) is 1. The number of benzene rings is 1. The Bertz CT molecular complexity index is 2040. The first-order valence-electron chi connectivity index (χ1n) is 18.5. The molecule has 0 radical (unpaired) electrons. The number of esters is 1. The van der Waals surface area contributed by atoms with Crippen LogP contribution >= 0.6 is 0 Å². The third kappa shape index (κ3) is 4.31. The van der Waals surface area contributed by atoms with Crippen LogP contribution in [0.2, 0.25) is 0 Å². The van der Waals surface area contributed by atoms with Crippen LogP contribution in [0.1, 0.15) is 75.7 Å². The number of amides is 1. The second-order valence-electron chi connectivity index (χ2n) is 10.5. The number of nitrogens with zero attached hydrogens (tertiary/aromatic N) is 4. The lowest BCUT2D eigenvalue weighted by molar-refractivity contribution is -0.172.